The van der Waals surface area contributed by atoms with Crippen LogP contribution in [0.2, 0.25) is 0 Å². The molecule has 1 heterocycles. The van der Waals surface area contributed by atoms with Crippen LogP contribution in [-0.2, 0) is 0 Å². The number of ether oxygens (including phenoxy) is 2. The van der Waals surface area contributed by atoms with E-state index in [1.54, 1.807) is 26.5 Å². The first-order valence-electron chi connectivity index (χ1n) is 7.15. The van der Waals surface area contributed by atoms with Crippen molar-refractivity contribution >= 4 is 17.5 Å². The zero-order valence-electron chi connectivity index (χ0n) is 13.3. The van der Waals surface area contributed by atoms with Crippen molar-refractivity contribution in [3.63, 3.8) is 0 Å². The van der Waals surface area contributed by atoms with Crippen LogP contribution in [0.1, 0.15) is 13.8 Å². The van der Waals surface area contributed by atoms with Gasteiger partial charge >= 0.3 is 0 Å². The van der Waals surface area contributed by atoms with Crippen molar-refractivity contribution < 1.29 is 9.47 Å². The second kappa shape index (κ2) is 7.44. The van der Waals surface area contributed by atoms with Crippen LogP contribution in [0.4, 0.5) is 17.5 Å². The summed E-state index contributed by atoms with van der Waals surface area (Å²) >= 11 is 0. The number of nitrogens with zero attached hydrogens (tertiary/aromatic N) is 4. The Balaban J connectivity index is 2.25. The third-order valence-electron chi connectivity index (χ3n) is 3.29. The highest BCUT2D eigenvalue weighted by Crippen LogP contribution is 2.30. The summed E-state index contributed by atoms with van der Waals surface area (Å²) in [6.45, 7) is 5.87. The molecule has 118 valence electrons. The van der Waals surface area contributed by atoms with Crippen molar-refractivity contribution in [3.05, 3.63) is 24.4 Å². The summed E-state index contributed by atoms with van der Waals surface area (Å²) < 4.78 is 10.5. The van der Waals surface area contributed by atoms with Gasteiger partial charge in [0, 0.05) is 19.2 Å². The van der Waals surface area contributed by atoms with Gasteiger partial charge in [0.25, 0.3) is 0 Å². The van der Waals surface area contributed by atoms with Gasteiger partial charge in [-0.05, 0) is 26.0 Å². The van der Waals surface area contributed by atoms with Gasteiger partial charge < -0.3 is 19.7 Å². The van der Waals surface area contributed by atoms with Crippen LogP contribution in [0, 0.1) is 0 Å². The van der Waals surface area contributed by atoms with E-state index in [-0.39, 0.29) is 0 Å². The maximum atomic E-state index is 5.35. The predicted octanol–water partition coefficient (Wildman–Crippen LogP) is 2.48. The van der Waals surface area contributed by atoms with Crippen LogP contribution in [0.5, 0.6) is 11.5 Å². The van der Waals surface area contributed by atoms with Gasteiger partial charge in [0.2, 0.25) is 5.95 Å². The third kappa shape index (κ3) is 3.55. The molecule has 7 heteroatoms. The molecule has 7 nitrogen and oxygen atoms in total. The maximum Gasteiger partial charge on any atom is 0.249 e. The van der Waals surface area contributed by atoms with Gasteiger partial charge in [0.05, 0.1) is 26.1 Å². The molecule has 1 N–H and O–H groups in total. The van der Waals surface area contributed by atoms with E-state index in [2.05, 4.69) is 39.2 Å². The highest BCUT2D eigenvalue weighted by Gasteiger charge is 2.10. The second-order valence-corrected chi connectivity index (χ2v) is 4.50. The van der Waals surface area contributed by atoms with Crippen LogP contribution >= 0.6 is 0 Å². The Morgan fingerprint density at radius 1 is 1.14 bits per heavy atom. The summed E-state index contributed by atoms with van der Waals surface area (Å²) in [7, 11) is 3.22. The molecule has 0 aliphatic carbocycles. The van der Waals surface area contributed by atoms with E-state index in [4.69, 9.17) is 9.47 Å². The highest BCUT2D eigenvalue weighted by molar-refractivity contribution is 5.64. The zero-order valence-corrected chi connectivity index (χ0v) is 13.3. The van der Waals surface area contributed by atoms with E-state index in [0.717, 1.165) is 30.3 Å². The highest BCUT2D eigenvalue weighted by atomic mass is 16.5. The SMILES string of the molecule is CCN(CC)c1cnnc(Nc2ccc(OC)cc2OC)n1. The van der Waals surface area contributed by atoms with Gasteiger partial charge in [0.15, 0.2) is 5.82 Å². The minimum atomic E-state index is 0.424. The predicted molar refractivity (Wildman–Crippen MR) is 86.2 cm³/mol. The lowest BCUT2D eigenvalue weighted by molar-refractivity contribution is 0.395. The number of methoxy groups -OCH3 is 2. The van der Waals surface area contributed by atoms with Gasteiger partial charge in [-0.15, -0.1) is 5.10 Å². The molecular weight excluding hydrogens is 282 g/mol. The zero-order chi connectivity index (χ0) is 15.9. The van der Waals surface area contributed by atoms with Crippen molar-refractivity contribution in [3.8, 4) is 11.5 Å². The summed E-state index contributed by atoms with van der Waals surface area (Å²) in [4.78, 5) is 6.58. The Labute approximate surface area is 130 Å². The fourth-order valence-electron chi connectivity index (χ4n) is 2.07. The average Bonchev–Trinajstić information content (AvgIpc) is 2.57. The third-order valence-corrected chi connectivity index (χ3v) is 3.29. The van der Waals surface area contributed by atoms with E-state index in [0.29, 0.717) is 11.7 Å². The van der Waals surface area contributed by atoms with E-state index >= 15 is 0 Å². The molecule has 0 bridgehead atoms. The monoisotopic (exact) mass is 303 g/mol. The van der Waals surface area contributed by atoms with Gasteiger partial charge in [-0.2, -0.15) is 10.1 Å². The van der Waals surface area contributed by atoms with E-state index < -0.39 is 0 Å². The smallest absolute Gasteiger partial charge is 0.249 e. The molecule has 0 unspecified atom stereocenters. The number of hydrogen-bond acceptors (Lipinski definition) is 7. The van der Waals surface area contributed by atoms with Crippen LogP contribution in [0.25, 0.3) is 0 Å². The molecule has 0 aliphatic heterocycles. The molecule has 0 aliphatic rings. The lowest BCUT2D eigenvalue weighted by atomic mass is 10.2. The number of aromatic nitrogens is 3. The van der Waals surface area contributed by atoms with Crippen LogP contribution < -0.4 is 19.7 Å². The summed E-state index contributed by atoms with van der Waals surface area (Å²) in [6.07, 6.45) is 1.66. The maximum absolute atomic E-state index is 5.35. The average molecular weight is 303 g/mol. The number of anilines is 3. The van der Waals surface area contributed by atoms with Gasteiger partial charge in [-0.1, -0.05) is 0 Å². The van der Waals surface area contributed by atoms with Crippen LogP contribution in [0.3, 0.4) is 0 Å². The number of benzene rings is 1. The molecule has 0 saturated heterocycles. The van der Waals surface area contributed by atoms with Gasteiger partial charge in [-0.25, -0.2) is 0 Å². The Hall–Kier alpha value is -2.57. The van der Waals surface area contributed by atoms with Crippen LogP contribution in [0.15, 0.2) is 24.4 Å². The van der Waals surface area contributed by atoms with Gasteiger partial charge in [0.1, 0.15) is 11.5 Å². The summed E-state index contributed by atoms with van der Waals surface area (Å²) in [5, 5.41) is 11.1. The van der Waals surface area contributed by atoms with Crippen LogP contribution in [-0.4, -0.2) is 42.5 Å². The summed E-state index contributed by atoms with van der Waals surface area (Å²) in [5.41, 5.74) is 0.752. The van der Waals surface area contributed by atoms with Crippen molar-refractivity contribution in [2.45, 2.75) is 13.8 Å². The van der Waals surface area contributed by atoms with E-state index in [9.17, 15) is 0 Å². The molecule has 2 aromatic rings. The number of rotatable bonds is 7. The topological polar surface area (TPSA) is 72.4 Å². The lowest BCUT2D eigenvalue weighted by Gasteiger charge is -2.19. The Morgan fingerprint density at radius 2 is 1.91 bits per heavy atom. The molecular formula is C15H21N5O2. The standard InChI is InChI=1S/C15H21N5O2/c1-5-20(6-2)14-10-16-19-15(18-14)17-12-8-7-11(21-3)9-13(12)22-4/h7-10H,5-6H2,1-4H3,(H,17,18,19). The molecule has 0 radical (unpaired) electrons. The Bertz CT molecular complexity index is 617. The first-order chi connectivity index (χ1) is 10.7. The Morgan fingerprint density at radius 3 is 2.55 bits per heavy atom. The molecule has 0 amide bonds. The van der Waals surface area contributed by atoms with E-state index in [1.165, 1.54) is 0 Å². The minimum Gasteiger partial charge on any atom is -0.497 e. The molecule has 1 aromatic heterocycles. The van der Waals surface area contributed by atoms with Crippen molar-refractivity contribution in [1.82, 2.24) is 15.2 Å². The largest absolute Gasteiger partial charge is 0.497 e. The molecule has 0 fully saturated rings. The molecule has 0 atom stereocenters. The molecule has 0 spiro atoms. The van der Waals surface area contributed by atoms with Gasteiger partial charge in [-0.3, -0.25) is 0 Å². The van der Waals surface area contributed by atoms with E-state index in [1.807, 2.05) is 12.1 Å². The van der Waals surface area contributed by atoms with Crippen molar-refractivity contribution in [1.29, 1.82) is 0 Å². The normalized spacial score (nSPS) is 10.2. The fraction of sp³-hybridized carbons (Fsp3) is 0.400. The summed E-state index contributed by atoms with van der Waals surface area (Å²) in [5.74, 6) is 2.58. The molecule has 22 heavy (non-hydrogen) atoms. The summed E-state index contributed by atoms with van der Waals surface area (Å²) in [6, 6.07) is 5.49. The first kappa shape index (κ1) is 15.8. The van der Waals surface area contributed by atoms with Crippen molar-refractivity contribution in [2.24, 2.45) is 0 Å². The molecule has 0 saturated carbocycles. The minimum absolute atomic E-state index is 0.424. The lowest BCUT2D eigenvalue weighted by Crippen LogP contribution is -2.23. The second-order valence-electron chi connectivity index (χ2n) is 4.50. The quantitative estimate of drug-likeness (QED) is 0.842. The fourth-order valence-corrected chi connectivity index (χ4v) is 2.07. The molecule has 1 aromatic carbocycles. The first-order valence-corrected chi connectivity index (χ1v) is 7.15. The molecule has 2 rings (SSSR count). The van der Waals surface area contributed by atoms with Crippen molar-refractivity contribution in [2.75, 3.05) is 37.5 Å². The Kier molecular flexibility index (Phi) is 5.35. The number of hydrogen-bond donors (Lipinski definition) is 1. The number of nitrogens with one attached hydrogen (secondary N) is 1.